The number of rotatable bonds is 6. The Morgan fingerprint density at radius 1 is 1.38 bits per heavy atom. The first-order chi connectivity index (χ1) is 7.59. The predicted molar refractivity (Wildman–Crippen MR) is 60.1 cm³/mol. The summed E-state index contributed by atoms with van der Waals surface area (Å²) in [5, 5.41) is 2.31. The van der Waals surface area contributed by atoms with Gasteiger partial charge in [0.15, 0.2) is 0 Å². The number of nitrogens with zero attached hydrogens (tertiary/aromatic N) is 1. The van der Waals surface area contributed by atoms with Gasteiger partial charge in [-0.1, -0.05) is 0 Å². The maximum Gasteiger partial charge on any atom is 0.324 e. The molecular weight excluding hydrogens is 208 g/mol. The molecule has 0 aromatic rings. The second-order valence-corrected chi connectivity index (χ2v) is 4.22. The summed E-state index contributed by atoms with van der Waals surface area (Å²) in [6.45, 7) is 5.97. The van der Waals surface area contributed by atoms with Crippen molar-refractivity contribution in [3.05, 3.63) is 0 Å². The zero-order chi connectivity index (χ0) is 12.0. The number of unbranched alkanes of at least 4 members (excludes halogenated alkanes) is 1. The Morgan fingerprint density at radius 2 is 2.12 bits per heavy atom. The summed E-state index contributed by atoms with van der Waals surface area (Å²) in [6, 6.07) is -0.263. The average Bonchev–Trinajstić information content (AvgIpc) is 2.20. The maximum atomic E-state index is 11.3. The van der Waals surface area contributed by atoms with Crippen molar-refractivity contribution < 1.29 is 14.3 Å². The van der Waals surface area contributed by atoms with E-state index in [0.717, 1.165) is 19.4 Å². The lowest BCUT2D eigenvalue weighted by atomic mass is 10.2. The molecule has 0 spiro atoms. The summed E-state index contributed by atoms with van der Waals surface area (Å²) in [4.78, 5) is 23.9. The minimum Gasteiger partial charge on any atom is -0.379 e. The van der Waals surface area contributed by atoms with E-state index >= 15 is 0 Å². The van der Waals surface area contributed by atoms with E-state index in [1.807, 2.05) is 13.8 Å². The molecule has 1 fully saturated rings. The van der Waals surface area contributed by atoms with Gasteiger partial charge in [0.25, 0.3) is 0 Å². The Kier molecular flexibility index (Phi) is 5.25. The number of ether oxygens (including phenoxy) is 1. The lowest BCUT2D eigenvalue weighted by Crippen LogP contribution is -2.49. The van der Waals surface area contributed by atoms with Crippen molar-refractivity contribution in [2.45, 2.75) is 39.2 Å². The van der Waals surface area contributed by atoms with Crippen molar-refractivity contribution in [1.82, 2.24) is 10.2 Å². The molecular formula is C11H20N2O3. The van der Waals surface area contributed by atoms with Gasteiger partial charge in [-0.2, -0.15) is 0 Å². The number of imide groups is 1. The third kappa shape index (κ3) is 4.61. The van der Waals surface area contributed by atoms with Crippen LogP contribution in [0.25, 0.3) is 0 Å². The van der Waals surface area contributed by atoms with Gasteiger partial charge < -0.3 is 9.64 Å². The van der Waals surface area contributed by atoms with E-state index in [1.54, 1.807) is 4.90 Å². The molecule has 1 saturated heterocycles. The smallest absolute Gasteiger partial charge is 0.324 e. The molecule has 1 rings (SSSR count). The maximum absolute atomic E-state index is 11.3. The van der Waals surface area contributed by atoms with Crippen LogP contribution in [-0.4, -0.2) is 42.6 Å². The lowest BCUT2D eigenvalue weighted by molar-refractivity contribution is -0.121. The molecule has 0 saturated carbocycles. The third-order valence-corrected chi connectivity index (χ3v) is 2.42. The van der Waals surface area contributed by atoms with Gasteiger partial charge in [0.2, 0.25) is 5.91 Å². The minimum atomic E-state index is -0.263. The molecule has 0 bridgehead atoms. The van der Waals surface area contributed by atoms with Gasteiger partial charge in [0, 0.05) is 26.1 Å². The van der Waals surface area contributed by atoms with Crippen LogP contribution in [0.2, 0.25) is 0 Å². The second kappa shape index (κ2) is 6.48. The molecule has 0 unspecified atom stereocenters. The Hall–Kier alpha value is -1.10. The van der Waals surface area contributed by atoms with Crippen molar-refractivity contribution in [3.63, 3.8) is 0 Å². The van der Waals surface area contributed by atoms with E-state index < -0.39 is 0 Å². The fraction of sp³-hybridized carbons (Fsp3) is 0.818. The number of carbonyl (C=O) groups is 2. The monoisotopic (exact) mass is 228 g/mol. The van der Waals surface area contributed by atoms with Gasteiger partial charge in [-0.15, -0.1) is 0 Å². The zero-order valence-corrected chi connectivity index (χ0v) is 9.99. The second-order valence-electron chi connectivity index (χ2n) is 4.22. The van der Waals surface area contributed by atoms with Crippen molar-refractivity contribution >= 4 is 11.9 Å². The number of amides is 3. The quantitative estimate of drug-likeness (QED) is 0.693. The number of nitrogens with one attached hydrogen (secondary N) is 1. The Morgan fingerprint density at radius 3 is 2.75 bits per heavy atom. The first-order valence-corrected chi connectivity index (χ1v) is 5.80. The van der Waals surface area contributed by atoms with Gasteiger partial charge in [0.05, 0.1) is 6.10 Å². The van der Waals surface area contributed by atoms with Gasteiger partial charge in [-0.3, -0.25) is 10.1 Å². The highest BCUT2D eigenvalue weighted by Gasteiger charge is 2.21. The molecule has 0 atom stereocenters. The predicted octanol–water partition coefficient (Wildman–Crippen LogP) is 1.13. The number of carbonyl (C=O) groups excluding carboxylic acids is 2. The van der Waals surface area contributed by atoms with Gasteiger partial charge in [-0.05, 0) is 26.7 Å². The van der Waals surface area contributed by atoms with Crippen molar-refractivity contribution in [1.29, 1.82) is 0 Å². The Balaban J connectivity index is 2.09. The van der Waals surface area contributed by atoms with Crippen LogP contribution in [0.5, 0.6) is 0 Å². The van der Waals surface area contributed by atoms with Gasteiger partial charge in [-0.25, -0.2) is 4.79 Å². The molecule has 5 nitrogen and oxygen atoms in total. The summed E-state index contributed by atoms with van der Waals surface area (Å²) < 4.78 is 5.40. The number of urea groups is 1. The number of hydrogen-bond acceptors (Lipinski definition) is 3. The van der Waals surface area contributed by atoms with Crippen molar-refractivity contribution in [2.75, 3.05) is 19.7 Å². The number of hydrogen-bond donors (Lipinski definition) is 1. The SMILES string of the molecule is CC(C)OCCCCN1CCC(=O)NC1=O. The first-order valence-electron chi connectivity index (χ1n) is 5.80. The molecule has 0 aromatic carbocycles. The van der Waals surface area contributed by atoms with Crippen molar-refractivity contribution in [2.24, 2.45) is 0 Å². The van der Waals surface area contributed by atoms with Gasteiger partial charge in [0.1, 0.15) is 0 Å². The highest BCUT2D eigenvalue weighted by molar-refractivity contribution is 5.96. The molecule has 92 valence electrons. The van der Waals surface area contributed by atoms with E-state index in [1.165, 1.54) is 0 Å². The van der Waals surface area contributed by atoms with E-state index in [-0.39, 0.29) is 18.0 Å². The van der Waals surface area contributed by atoms with Crippen LogP contribution in [0.4, 0.5) is 4.79 Å². The molecule has 0 aliphatic carbocycles. The highest BCUT2D eigenvalue weighted by Crippen LogP contribution is 2.03. The normalized spacial score (nSPS) is 16.8. The lowest BCUT2D eigenvalue weighted by Gasteiger charge is -2.26. The summed E-state index contributed by atoms with van der Waals surface area (Å²) in [5.41, 5.74) is 0. The summed E-state index contributed by atoms with van der Waals surface area (Å²) in [7, 11) is 0. The molecule has 1 N–H and O–H groups in total. The Bertz CT molecular complexity index is 254. The van der Waals surface area contributed by atoms with Crippen LogP contribution in [0.1, 0.15) is 33.1 Å². The van der Waals surface area contributed by atoms with E-state index in [2.05, 4.69) is 5.32 Å². The zero-order valence-electron chi connectivity index (χ0n) is 9.99. The van der Waals surface area contributed by atoms with E-state index in [0.29, 0.717) is 19.5 Å². The molecule has 0 aromatic heterocycles. The third-order valence-electron chi connectivity index (χ3n) is 2.42. The molecule has 1 aliphatic rings. The van der Waals surface area contributed by atoms with E-state index in [9.17, 15) is 9.59 Å². The molecule has 16 heavy (non-hydrogen) atoms. The van der Waals surface area contributed by atoms with Crippen molar-refractivity contribution in [3.8, 4) is 0 Å². The summed E-state index contributed by atoms with van der Waals surface area (Å²) >= 11 is 0. The van der Waals surface area contributed by atoms with Crippen LogP contribution < -0.4 is 5.32 Å². The molecule has 5 heteroatoms. The summed E-state index contributed by atoms with van der Waals surface area (Å²) in [6.07, 6.45) is 2.52. The van der Waals surface area contributed by atoms with Crippen LogP contribution in [0.15, 0.2) is 0 Å². The molecule has 0 radical (unpaired) electrons. The standard InChI is InChI=1S/C11H20N2O3/c1-9(2)16-8-4-3-6-13-7-5-10(14)12-11(13)15/h9H,3-8H2,1-2H3,(H,12,14,15). The Labute approximate surface area is 96.1 Å². The average molecular weight is 228 g/mol. The van der Waals surface area contributed by atoms with E-state index in [4.69, 9.17) is 4.74 Å². The van der Waals surface area contributed by atoms with Crippen LogP contribution in [0, 0.1) is 0 Å². The highest BCUT2D eigenvalue weighted by atomic mass is 16.5. The van der Waals surface area contributed by atoms with Crippen LogP contribution in [0.3, 0.4) is 0 Å². The first kappa shape index (κ1) is 13.0. The van der Waals surface area contributed by atoms with Crippen LogP contribution in [-0.2, 0) is 9.53 Å². The largest absolute Gasteiger partial charge is 0.379 e. The molecule has 3 amide bonds. The van der Waals surface area contributed by atoms with Crippen LogP contribution >= 0.6 is 0 Å². The molecule has 1 aliphatic heterocycles. The van der Waals surface area contributed by atoms with Gasteiger partial charge >= 0.3 is 6.03 Å². The fourth-order valence-corrected chi connectivity index (χ4v) is 1.54. The summed E-state index contributed by atoms with van der Waals surface area (Å²) in [5.74, 6) is -0.176. The fourth-order valence-electron chi connectivity index (χ4n) is 1.54. The molecule has 1 heterocycles. The topological polar surface area (TPSA) is 58.6 Å². The minimum absolute atomic E-state index is 0.176.